The second-order valence-corrected chi connectivity index (χ2v) is 5.30. The average Bonchev–Trinajstić information content (AvgIpc) is 3.03. The van der Waals surface area contributed by atoms with E-state index >= 15 is 0 Å². The molecule has 0 unspecified atom stereocenters. The van der Waals surface area contributed by atoms with Crippen molar-refractivity contribution in [1.29, 1.82) is 0 Å². The van der Waals surface area contributed by atoms with Gasteiger partial charge >= 0.3 is 0 Å². The minimum atomic E-state index is 0.461. The minimum Gasteiger partial charge on any atom is -0.333 e. The van der Waals surface area contributed by atoms with Crippen LogP contribution in [-0.4, -0.2) is 30.6 Å². The van der Waals surface area contributed by atoms with Crippen LogP contribution in [0.2, 0.25) is 0 Å². The highest BCUT2D eigenvalue weighted by Crippen LogP contribution is 2.02. The van der Waals surface area contributed by atoms with Crippen molar-refractivity contribution in [2.45, 2.75) is 59.3 Å². The summed E-state index contributed by atoms with van der Waals surface area (Å²) in [6.07, 6.45) is 8.04. The Bertz CT molecular complexity index is 513. The van der Waals surface area contributed by atoms with Gasteiger partial charge in [-0.3, -0.25) is 4.68 Å². The van der Waals surface area contributed by atoms with E-state index < -0.39 is 0 Å². The predicted octanol–water partition coefficient (Wildman–Crippen LogP) is 1.63. The number of aryl methyl sites for hydroxylation is 3. The summed E-state index contributed by atoms with van der Waals surface area (Å²) in [6, 6.07) is 0.461. The third-order valence-electron chi connectivity index (χ3n) is 3.12. The molecule has 6 heteroatoms. The Labute approximate surface area is 120 Å². The normalized spacial score (nSPS) is 11.4. The molecule has 110 valence electrons. The molecule has 0 bridgehead atoms. The van der Waals surface area contributed by atoms with E-state index in [0.717, 1.165) is 44.0 Å². The Morgan fingerprint density at radius 3 is 2.90 bits per heavy atom. The molecule has 0 fully saturated rings. The summed E-state index contributed by atoms with van der Waals surface area (Å²) < 4.78 is 4.09. The van der Waals surface area contributed by atoms with Gasteiger partial charge in [-0.25, -0.2) is 4.98 Å². The maximum atomic E-state index is 4.38. The van der Waals surface area contributed by atoms with Crippen LogP contribution in [-0.2, 0) is 26.1 Å². The van der Waals surface area contributed by atoms with Crippen LogP contribution in [0.5, 0.6) is 0 Å². The first-order valence-electron chi connectivity index (χ1n) is 7.31. The summed E-state index contributed by atoms with van der Waals surface area (Å²) in [5, 5.41) is 11.7. The van der Waals surface area contributed by atoms with Crippen molar-refractivity contribution in [2.24, 2.45) is 0 Å². The molecule has 2 aromatic rings. The van der Waals surface area contributed by atoms with Crippen LogP contribution in [0, 0.1) is 0 Å². The van der Waals surface area contributed by atoms with Gasteiger partial charge < -0.3 is 9.88 Å². The quantitative estimate of drug-likeness (QED) is 0.796. The molecule has 20 heavy (non-hydrogen) atoms. The molecule has 0 saturated heterocycles. The Hall–Kier alpha value is -1.69. The molecular weight excluding hydrogens is 252 g/mol. The van der Waals surface area contributed by atoms with E-state index in [-0.39, 0.29) is 0 Å². The third kappa shape index (κ3) is 4.16. The van der Waals surface area contributed by atoms with Crippen LogP contribution in [0.4, 0.5) is 0 Å². The Morgan fingerprint density at radius 1 is 1.30 bits per heavy atom. The van der Waals surface area contributed by atoms with Gasteiger partial charge in [0.25, 0.3) is 0 Å². The van der Waals surface area contributed by atoms with Gasteiger partial charge in [-0.2, -0.15) is 0 Å². The van der Waals surface area contributed by atoms with E-state index in [1.54, 1.807) is 0 Å². The molecule has 0 atom stereocenters. The lowest BCUT2D eigenvalue weighted by atomic mass is 10.3. The molecule has 0 radical (unpaired) electrons. The number of rotatable bonds is 8. The number of imidazole rings is 1. The largest absolute Gasteiger partial charge is 0.333 e. The van der Waals surface area contributed by atoms with Crippen LogP contribution in [0.25, 0.3) is 0 Å². The highest BCUT2D eigenvalue weighted by atomic mass is 15.4. The fraction of sp³-hybridized carbons (Fsp3) is 0.643. The number of nitrogens with one attached hydrogen (secondary N) is 1. The van der Waals surface area contributed by atoms with Crippen molar-refractivity contribution < 1.29 is 0 Å². The zero-order valence-corrected chi connectivity index (χ0v) is 12.6. The first-order chi connectivity index (χ1) is 9.69. The van der Waals surface area contributed by atoms with Crippen molar-refractivity contribution in [3.05, 3.63) is 30.1 Å². The van der Waals surface area contributed by atoms with E-state index in [0.29, 0.717) is 6.04 Å². The number of nitrogens with zero attached hydrogens (tertiary/aromatic N) is 5. The van der Waals surface area contributed by atoms with Gasteiger partial charge in [0.15, 0.2) is 0 Å². The predicted molar refractivity (Wildman–Crippen MR) is 78.2 cm³/mol. The lowest BCUT2D eigenvalue weighted by molar-refractivity contribution is 0.506. The van der Waals surface area contributed by atoms with Gasteiger partial charge in [0, 0.05) is 44.1 Å². The molecule has 2 rings (SSSR count). The zero-order valence-electron chi connectivity index (χ0n) is 12.6. The van der Waals surface area contributed by atoms with Gasteiger partial charge in [0.1, 0.15) is 5.82 Å². The van der Waals surface area contributed by atoms with Crippen LogP contribution >= 0.6 is 0 Å². The highest BCUT2D eigenvalue weighted by molar-refractivity contribution is 4.94. The van der Waals surface area contributed by atoms with Crippen LogP contribution in [0.1, 0.15) is 38.7 Å². The lowest BCUT2D eigenvalue weighted by Gasteiger charge is -2.06. The molecular formula is C14H24N6. The van der Waals surface area contributed by atoms with Crippen molar-refractivity contribution in [2.75, 3.05) is 0 Å². The van der Waals surface area contributed by atoms with E-state index in [2.05, 4.69) is 46.0 Å². The van der Waals surface area contributed by atoms with Gasteiger partial charge in [0.2, 0.25) is 0 Å². The van der Waals surface area contributed by atoms with Crippen molar-refractivity contribution in [1.82, 2.24) is 29.9 Å². The molecule has 0 aromatic carbocycles. The molecule has 0 aliphatic rings. The topological polar surface area (TPSA) is 60.6 Å². The standard InChI is InChI=1S/C14H24N6/c1-4-5-14-15-6-7-19(14)8-9-20-11-13(17-18-20)10-16-12(2)3/h6-7,11-12,16H,4-5,8-10H2,1-3H3. The lowest BCUT2D eigenvalue weighted by Crippen LogP contribution is -2.21. The molecule has 0 amide bonds. The second-order valence-electron chi connectivity index (χ2n) is 5.30. The molecule has 1 N–H and O–H groups in total. The first-order valence-corrected chi connectivity index (χ1v) is 7.31. The molecule has 0 spiro atoms. The van der Waals surface area contributed by atoms with Crippen molar-refractivity contribution >= 4 is 0 Å². The summed E-state index contributed by atoms with van der Waals surface area (Å²) in [7, 11) is 0. The van der Waals surface area contributed by atoms with Crippen LogP contribution in [0.15, 0.2) is 18.6 Å². The van der Waals surface area contributed by atoms with E-state index in [1.165, 1.54) is 0 Å². The van der Waals surface area contributed by atoms with E-state index in [4.69, 9.17) is 0 Å². The molecule has 2 heterocycles. The summed E-state index contributed by atoms with van der Waals surface area (Å²) in [4.78, 5) is 4.38. The second kappa shape index (κ2) is 7.19. The third-order valence-corrected chi connectivity index (χ3v) is 3.12. The average molecular weight is 276 g/mol. The van der Waals surface area contributed by atoms with Crippen molar-refractivity contribution in [3.8, 4) is 0 Å². The number of hydrogen-bond donors (Lipinski definition) is 1. The summed E-state index contributed by atoms with van der Waals surface area (Å²) in [6.45, 7) is 8.89. The van der Waals surface area contributed by atoms with Crippen LogP contribution < -0.4 is 5.32 Å². The molecule has 6 nitrogen and oxygen atoms in total. The zero-order chi connectivity index (χ0) is 14.4. The van der Waals surface area contributed by atoms with Gasteiger partial charge in [0.05, 0.1) is 12.2 Å². The van der Waals surface area contributed by atoms with Crippen molar-refractivity contribution in [3.63, 3.8) is 0 Å². The van der Waals surface area contributed by atoms with E-state index in [9.17, 15) is 0 Å². The number of aromatic nitrogens is 5. The van der Waals surface area contributed by atoms with Gasteiger partial charge in [-0.1, -0.05) is 26.0 Å². The summed E-state index contributed by atoms with van der Waals surface area (Å²) >= 11 is 0. The number of hydrogen-bond acceptors (Lipinski definition) is 4. The van der Waals surface area contributed by atoms with E-state index in [1.807, 2.05) is 23.3 Å². The first kappa shape index (κ1) is 14.7. The maximum Gasteiger partial charge on any atom is 0.108 e. The summed E-state index contributed by atoms with van der Waals surface area (Å²) in [5.74, 6) is 1.15. The molecule has 0 saturated carbocycles. The fourth-order valence-corrected chi connectivity index (χ4v) is 2.04. The fourth-order valence-electron chi connectivity index (χ4n) is 2.04. The molecule has 2 aromatic heterocycles. The Balaban J connectivity index is 1.86. The Morgan fingerprint density at radius 2 is 2.15 bits per heavy atom. The van der Waals surface area contributed by atoms with Crippen LogP contribution in [0.3, 0.4) is 0 Å². The SMILES string of the molecule is CCCc1nccn1CCn1cc(CNC(C)C)nn1. The monoisotopic (exact) mass is 276 g/mol. The summed E-state index contributed by atoms with van der Waals surface area (Å²) in [5.41, 5.74) is 0.984. The Kier molecular flexibility index (Phi) is 5.29. The van der Waals surface area contributed by atoms with Gasteiger partial charge in [-0.15, -0.1) is 5.10 Å². The maximum absolute atomic E-state index is 4.38. The molecule has 0 aliphatic carbocycles. The highest BCUT2D eigenvalue weighted by Gasteiger charge is 2.04. The van der Waals surface area contributed by atoms with Gasteiger partial charge in [-0.05, 0) is 6.42 Å². The molecule has 0 aliphatic heterocycles. The smallest absolute Gasteiger partial charge is 0.108 e. The minimum absolute atomic E-state index is 0.461.